The third-order valence-corrected chi connectivity index (χ3v) is 1.94. The Balaban J connectivity index is 0.00000154. The van der Waals surface area contributed by atoms with Crippen LogP contribution in [0.5, 0.6) is 0 Å². The van der Waals surface area contributed by atoms with Crippen LogP contribution in [0, 0.1) is 11.3 Å². The molecule has 6 nitrogen and oxygen atoms in total. The van der Waals surface area contributed by atoms with Gasteiger partial charge in [0.2, 0.25) is 5.91 Å². The van der Waals surface area contributed by atoms with Crippen LogP contribution >= 0.6 is 0 Å². The van der Waals surface area contributed by atoms with Crippen molar-refractivity contribution in [3.05, 3.63) is 23.9 Å². The van der Waals surface area contributed by atoms with Crippen molar-refractivity contribution in [1.82, 2.24) is 4.98 Å². The lowest BCUT2D eigenvalue weighted by Crippen LogP contribution is -2.14. The first-order valence-corrected chi connectivity index (χ1v) is 5.88. The van der Waals surface area contributed by atoms with Crippen LogP contribution in [0.1, 0.15) is 32.3 Å². The van der Waals surface area contributed by atoms with Crippen molar-refractivity contribution in [2.75, 3.05) is 12.4 Å². The van der Waals surface area contributed by atoms with Crippen LogP contribution in [0.3, 0.4) is 0 Å². The summed E-state index contributed by atoms with van der Waals surface area (Å²) in [6.07, 6.45) is 1.42. The number of rotatable bonds is 4. The normalized spacial score (nSPS) is 8.53. The van der Waals surface area contributed by atoms with Gasteiger partial charge in [0.15, 0.2) is 0 Å². The van der Waals surface area contributed by atoms with Crippen LogP contribution < -0.4 is 5.32 Å². The fraction of sp³-hybridized carbons (Fsp3) is 0.385. The second kappa shape index (κ2) is 9.59. The van der Waals surface area contributed by atoms with E-state index in [1.165, 1.54) is 19.4 Å². The lowest BCUT2D eigenvalue weighted by atomic mass is 10.3. The number of pyridine rings is 1. The van der Waals surface area contributed by atoms with Gasteiger partial charge >= 0.3 is 5.97 Å². The highest BCUT2D eigenvalue weighted by Gasteiger charge is 2.07. The van der Waals surface area contributed by atoms with Gasteiger partial charge in [-0.25, -0.2) is 4.98 Å². The summed E-state index contributed by atoms with van der Waals surface area (Å²) in [7, 11) is 1.27. The lowest BCUT2D eigenvalue weighted by Gasteiger charge is -2.03. The molecule has 6 heteroatoms. The molecule has 0 atom stereocenters. The monoisotopic (exact) mass is 263 g/mol. The molecule has 1 aromatic rings. The van der Waals surface area contributed by atoms with Crippen LogP contribution in [0.4, 0.5) is 5.82 Å². The van der Waals surface area contributed by atoms with Gasteiger partial charge in [-0.1, -0.05) is 13.8 Å². The summed E-state index contributed by atoms with van der Waals surface area (Å²) in [4.78, 5) is 26.0. The molecule has 1 rings (SSSR count). The Morgan fingerprint density at radius 2 is 2.05 bits per heavy atom. The molecule has 1 heterocycles. The second-order valence-corrected chi connectivity index (χ2v) is 3.17. The minimum Gasteiger partial charge on any atom is -0.469 e. The minimum atomic E-state index is -0.437. The minimum absolute atomic E-state index is 0.0264. The average molecular weight is 263 g/mol. The smallest absolute Gasteiger partial charge is 0.306 e. The zero-order chi connectivity index (χ0) is 14.7. The SMILES string of the molecule is CC.COC(=O)CCC(=O)Nc1ccc(C#N)cn1. The highest BCUT2D eigenvalue weighted by atomic mass is 16.5. The Morgan fingerprint density at radius 3 is 2.53 bits per heavy atom. The molecule has 0 aromatic carbocycles. The molecule has 0 aliphatic carbocycles. The van der Waals surface area contributed by atoms with Crippen molar-refractivity contribution in [2.24, 2.45) is 0 Å². The van der Waals surface area contributed by atoms with Crippen LogP contribution in [0.2, 0.25) is 0 Å². The number of hydrogen-bond acceptors (Lipinski definition) is 5. The molecule has 102 valence electrons. The van der Waals surface area contributed by atoms with E-state index < -0.39 is 5.97 Å². The number of aromatic nitrogens is 1. The molecule has 1 amide bonds. The van der Waals surface area contributed by atoms with E-state index in [1.54, 1.807) is 6.07 Å². The molecular formula is C13H17N3O3. The van der Waals surface area contributed by atoms with Crippen LogP contribution in [-0.2, 0) is 14.3 Å². The quantitative estimate of drug-likeness (QED) is 0.837. The van der Waals surface area contributed by atoms with Crippen molar-refractivity contribution in [1.29, 1.82) is 5.26 Å². The van der Waals surface area contributed by atoms with E-state index in [0.29, 0.717) is 11.4 Å². The summed E-state index contributed by atoms with van der Waals surface area (Å²) in [5.74, 6) is -0.417. The molecule has 1 aromatic heterocycles. The third kappa shape index (κ3) is 6.78. The number of amides is 1. The number of carbonyl (C=O) groups excluding carboxylic acids is 2. The predicted molar refractivity (Wildman–Crippen MR) is 70.2 cm³/mol. The fourth-order valence-electron chi connectivity index (χ4n) is 1.06. The molecule has 0 saturated carbocycles. The van der Waals surface area contributed by atoms with E-state index in [2.05, 4.69) is 15.0 Å². The molecule has 0 spiro atoms. The fourth-order valence-corrected chi connectivity index (χ4v) is 1.06. The van der Waals surface area contributed by atoms with Crippen LogP contribution in [-0.4, -0.2) is 24.0 Å². The van der Waals surface area contributed by atoms with Gasteiger partial charge in [0, 0.05) is 12.6 Å². The Kier molecular flexibility index (Phi) is 8.37. The molecule has 19 heavy (non-hydrogen) atoms. The summed E-state index contributed by atoms with van der Waals surface area (Å²) >= 11 is 0. The van der Waals surface area contributed by atoms with Gasteiger partial charge in [0.25, 0.3) is 0 Å². The number of nitriles is 1. The highest BCUT2D eigenvalue weighted by Crippen LogP contribution is 2.05. The Bertz CT molecular complexity index is 449. The zero-order valence-corrected chi connectivity index (χ0v) is 11.3. The maximum absolute atomic E-state index is 11.4. The lowest BCUT2D eigenvalue weighted by molar-refractivity contribution is -0.141. The summed E-state index contributed by atoms with van der Waals surface area (Å²) < 4.78 is 4.41. The topological polar surface area (TPSA) is 92.1 Å². The summed E-state index contributed by atoms with van der Waals surface area (Å²) in [6, 6.07) is 4.99. The number of nitrogens with one attached hydrogen (secondary N) is 1. The van der Waals surface area contributed by atoms with Gasteiger partial charge in [0.05, 0.1) is 19.1 Å². The van der Waals surface area contributed by atoms with Crippen molar-refractivity contribution in [3.63, 3.8) is 0 Å². The average Bonchev–Trinajstić information content (AvgIpc) is 2.47. The molecule has 0 fully saturated rings. The Hall–Kier alpha value is -2.42. The maximum Gasteiger partial charge on any atom is 0.306 e. The molecule has 0 bridgehead atoms. The highest BCUT2D eigenvalue weighted by molar-refractivity contribution is 5.91. The van der Waals surface area contributed by atoms with Crippen LogP contribution in [0.25, 0.3) is 0 Å². The Morgan fingerprint density at radius 1 is 1.37 bits per heavy atom. The van der Waals surface area contributed by atoms with E-state index in [1.807, 2.05) is 19.9 Å². The number of methoxy groups -OCH3 is 1. The molecular weight excluding hydrogens is 246 g/mol. The number of nitrogens with zero attached hydrogens (tertiary/aromatic N) is 2. The number of esters is 1. The first-order chi connectivity index (χ1) is 9.15. The molecule has 0 aliphatic rings. The van der Waals surface area contributed by atoms with E-state index in [0.717, 1.165) is 0 Å². The van der Waals surface area contributed by atoms with Crippen LogP contribution in [0.15, 0.2) is 18.3 Å². The van der Waals surface area contributed by atoms with Gasteiger partial charge in [-0.2, -0.15) is 5.26 Å². The van der Waals surface area contributed by atoms with Crippen molar-refractivity contribution in [3.8, 4) is 6.07 Å². The van der Waals surface area contributed by atoms with Gasteiger partial charge in [-0.05, 0) is 12.1 Å². The van der Waals surface area contributed by atoms with Crippen molar-refractivity contribution >= 4 is 17.7 Å². The van der Waals surface area contributed by atoms with Gasteiger partial charge in [-0.3, -0.25) is 9.59 Å². The first kappa shape index (κ1) is 16.6. The van der Waals surface area contributed by atoms with E-state index >= 15 is 0 Å². The third-order valence-electron chi connectivity index (χ3n) is 1.94. The van der Waals surface area contributed by atoms with Gasteiger partial charge < -0.3 is 10.1 Å². The number of carbonyl (C=O) groups is 2. The summed E-state index contributed by atoms with van der Waals surface area (Å²) in [6.45, 7) is 4.00. The maximum atomic E-state index is 11.4. The summed E-state index contributed by atoms with van der Waals surface area (Å²) in [5, 5.41) is 11.1. The number of ether oxygens (including phenoxy) is 1. The Labute approximate surface area is 112 Å². The first-order valence-electron chi connectivity index (χ1n) is 5.88. The molecule has 0 aliphatic heterocycles. The molecule has 1 N–H and O–H groups in total. The molecule has 0 unspecified atom stereocenters. The predicted octanol–water partition coefficient (Wildman–Crippen LogP) is 1.87. The van der Waals surface area contributed by atoms with E-state index in [9.17, 15) is 9.59 Å². The van der Waals surface area contributed by atoms with E-state index in [-0.39, 0.29) is 18.7 Å². The molecule has 0 radical (unpaired) electrons. The van der Waals surface area contributed by atoms with Gasteiger partial charge in [0.1, 0.15) is 11.9 Å². The van der Waals surface area contributed by atoms with E-state index in [4.69, 9.17) is 5.26 Å². The summed E-state index contributed by atoms with van der Waals surface area (Å²) in [5.41, 5.74) is 0.414. The van der Waals surface area contributed by atoms with Gasteiger partial charge in [-0.15, -0.1) is 0 Å². The second-order valence-electron chi connectivity index (χ2n) is 3.17. The molecule has 0 saturated heterocycles. The van der Waals surface area contributed by atoms with Crippen molar-refractivity contribution < 1.29 is 14.3 Å². The zero-order valence-electron chi connectivity index (χ0n) is 11.3. The largest absolute Gasteiger partial charge is 0.469 e. The number of hydrogen-bond donors (Lipinski definition) is 1. The van der Waals surface area contributed by atoms with Crippen molar-refractivity contribution in [2.45, 2.75) is 26.7 Å². The standard InChI is InChI=1S/C11H11N3O3.C2H6/c1-17-11(16)5-4-10(15)14-9-3-2-8(6-12)7-13-9;1-2/h2-3,7H,4-5H2,1H3,(H,13,14,15);1-2H3. The number of anilines is 1.